The Morgan fingerprint density at radius 2 is 2.00 bits per heavy atom. The fourth-order valence-electron chi connectivity index (χ4n) is 3.50. The van der Waals surface area contributed by atoms with E-state index in [2.05, 4.69) is 10.2 Å². The quantitative estimate of drug-likeness (QED) is 0.772. The normalized spacial score (nSPS) is 33.5. The Labute approximate surface area is 124 Å². The molecule has 2 atom stereocenters. The molecule has 7 nitrogen and oxygen atoms in total. The van der Waals surface area contributed by atoms with E-state index >= 15 is 0 Å². The van der Waals surface area contributed by atoms with Gasteiger partial charge in [0, 0.05) is 32.2 Å². The van der Waals surface area contributed by atoms with Gasteiger partial charge in [0.15, 0.2) is 5.54 Å². The second kappa shape index (κ2) is 5.81. The van der Waals surface area contributed by atoms with E-state index in [1.165, 1.54) is 12.8 Å². The molecule has 2 unspecified atom stereocenters. The predicted molar refractivity (Wildman–Crippen MR) is 75.1 cm³/mol. The third-order valence-corrected chi connectivity index (χ3v) is 4.88. The lowest BCUT2D eigenvalue weighted by molar-refractivity contribution is -0.144. The highest BCUT2D eigenvalue weighted by atomic mass is 16.5. The highest BCUT2D eigenvalue weighted by molar-refractivity contribution is 5.86. The number of carbonyl (C=O) groups is 2. The Morgan fingerprint density at radius 1 is 1.24 bits per heavy atom. The van der Waals surface area contributed by atoms with Crippen LogP contribution in [0.4, 0.5) is 4.79 Å². The van der Waals surface area contributed by atoms with Gasteiger partial charge in [-0.05, 0) is 32.4 Å². The van der Waals surface area contributed by atoms with Gasteiger partial charge in [-0.1, -0.05) is 0 Å². The van der Waals surface area contributed by atoms with Crippen molar-refractivity contribution in [3.05, 3.63) is 0 Å². The minimum atomic E-state index is -1.25. The van der Waals surface area contributed by atoms with Crippen LogP contribution in [0.25, 0.3) is 0 Å². The molecule has 7 heteroatoms. The second-order valence-corrected chi connectivity index (χ2v) is 6.25. The van der Waals surface area contributed by atoms with Gasteiger partial charge in [0.25, 0.3) is 0 Å². The van der Waals surface area contributed by atoms with E-state index in [1.54, 1.807) is 4.90 Å². The van der Waals surface area contributed by atoms with Crippen molar-refractivity contribution in [3.8, 4) is 0 Å². The van der Waals surface area contributed by atoms with Gasteiger partial charge in [0.1, 0.15) is 0 Å². The molecule has 0 aromatic carbocycles. The van der Waals surface area contributed by atoms with Crippen molar-refractivity contribution in [2.75, 3.05) is 39.4 Å². The third-order valence-electron chi connectivity index (χ3n) is 4.88. The van der Waals surface area contributed by atoms with Gasteiger partial charge >= 0.3 is 12.0 Å². The van der Waals surface area contributed by atoms with Crippen molar-refractivity contribution in [2.24, 2.45) is 0 Å². The van der Waals surface area contributed by atoms with Gasteiger partial charge in [-0.25, -0.2) is 9.59 Å². The summed E-state index contributed by atoms with van der Waals surface area (Å²) in [4.78, 5) is 28.0. The fraction of sp³-hybridized carbons (Fsp3) is 0.857. The molecule has 0 aliphatic carbocycles. The number of carbonyl (C=O) groups excluding carboxylic acids is 1. The minimum Gasteiger partial charge on any atom is -0.479 e. The van der Waals surface area contributed by atoms with Crippen LogP contribution < -0.4 is 5.32 Å². The smallest absolute Gasteiger partial charge is 0.332 e. The van der Waals surface area contributed by atoms with E-state index in [0.717, 1.165) is 19.5 Å². The van der Waals surface area contributed by atoms with Crippen LogP contribution in [0.2, 0.25) is 0 Å². The molecule has 0 saturated carbocycles. The Hall–Kier alpha value is -1.34. The number of amides is 2. The first-order valence-corrected chi connectivity index (χ1v) is 7.73. The van der Waals surface area contributed by atoms with Gasteiger partial charge in [-0.3, -0.25) is 4.90 Å². The van der Waals surface area contributed by atoms with E-state index in [1.807, 2.05) is 0 Å². The van der Waals surface area contributed by atoms with E-state index in [4.69, 9.17) is 4.74 Å². The lowest BCUT2D eigenvalue weighted by Crippen LogP contribution is -2.58. The number of rotatable bonds is 3. The van der Waals surface area contributed by atoms with Crippen molar-refractivity contribution < 1.29 is 19.4 Å². The first kappa shape index (κ1) is 14.6. The Kier molecular flexibility index (Phi) is 4.03. The van der Waals surface area contributed by atoms with Crippen LogP contribution in [-0.2, 0) is 9.53 Å². The van der Waals surface area contributed by atoms with E-state index in [0.29, 0.717) is 32.2 Å². The number of carboxylic acid groups (broad SMARTS) is 1. The average molecular weight is 297 g/mol. The van der Waals surface area contributed by atoms with Crippen molar-refractivity contribution in [1.29, 1.82) is 0 Å². The molecule has 3 rings (SSSR count). The van der Waals surface area contributed by atoms with Gasteiger partial charge in [0.2, 0.25) is 0 Å². The zero-order valence-corrected chi connectivity index (χ0v) is 12.2. The maximum atomic E-state index is 12.3. The highest BCUT2D eigenvalue weighted by Crippen LogP contribution is 2.23. The maximum Gasteiger partial charge on any atom is 0.332 e. The van der Waals surface area contributed by atoms with E-state index < -0.39 is 11.5 Å². The molecule has 3 saturated heterocycles. The predicted octanol–water partition coefficient (Wildman–Crippen LogP) is 0.110. The molecule has 3 heterocycles. The number of nitrogens with one attached hydrogen (secondary N) is 1. The molecule has 0 spiro atoms. The molecule has 0 radical (unpaired) electrons. The lowest BCUT2D eigenvalue weighted by atomic mass is 9.99. The molecule has 21 heavy (non-hydrogen) atoms. The Morgan fingerprint density at radius 3 is 2.62 bits per heavy atom. The van der Waals surface area contributed by atoms with Crippen molar-refractivity contribution in [1.82, 2.24) is 15.1 Å². The topological polar surface area (TPSA) is 82.1 Å². The van der Waals surface area contributed by atoms with Crippen LogP contribution in [0.5, 0.6) is 0 Å². The summed E-state index contributed by atoms with van der Waals surface area (Å²) in [7, 11) is 0. The molecule has 3 fully saturated rings. The van der Waals surface area contributed by atoms with Crippen molar-refractivity contribution >= 4 is 12.0 Å². The van der Waals surface area contributed by atoms with Crippen molar-refractivity contribution in [3.63, 3.8) is 0 Å². The molecule has 118 valence electrons. The fourth-order valence-corrected chi connectivity index (χ4v) is 3.50. The number of nitrogens with zero attached hydrogens (tertiary/aromatic N) is 2. The summed E-state index contributed by atoms with van der Waals surface area (Å²) in [5.41, 5.74) is -1.25. The number of hydrogen-bond donors (Lipinski definition) is 2. The van der Waals surface area contributed by atoms with Crippen LogP contribution in [-0.4, -0.2) is 77.9 Å². The van der Waals surface area contributed by atoms with E-state index in [-0.39, 0.29) is 12.6 Å². The number of carboxylic acids is 1. The standard InChI is InChI=1S/C14H23N3O4/c18-12(19)14(4-8-21-10-14)15-13(20)17-7-3-11(9-17)16-5-1-2-6-16/h11H,1-10H2,(H,15,20)(H,18,19). The monoisotopic (exact) mass is 297 g/mol. The molecule has 3 aliphatic heterocycles. The molecule has 2 amide bonds. The van der Waals surface area contributed by atoms with E-state index in [9.17, 15) is 14.7 Å². The molecule has 2 N–H and O–H groups in total. The lowest BCUT2D eigenvalue weighted by Gasteiger charge is -2.28. The van der Waals surface area contributed by atoms with Gasteiger partial charge in [-0.15, -0.1) is 0 Å². The summed E-state index contributed by atoms with van der Waals surface area (Å²) in [6, 6.07) is 0.156. The minimum absolute atomic E-state index is 0.0530. The summed E-state index contributed by atoms with van der Waals surface area (Å²) in [5, 5.41) is 12.0. The van der Waals surface area contributed by atoms with Crippen LogP contribution >= 0.6 is 0 Å². The molecular formula is C14H23N3O4. The zero-order valence-electron chi connectivity index (χ0n) is 12.2. The first-order chi connectivity index (χ1) is 10.1. The number of likely N-dealkylation sites (tertiary alicyclic amines) is 2. The van der Waals surface area contributed by atoms with Crippen molar-refractivity contribution in [2.45, 2.75) is 37.3 Å². The average Bonchev–Trinajstić information content (AvgIpc) is 3.20. The number of urea groups is 1. The summed E-state index contributed by atoms with van der Waals surface area (Å²) in [5.74, 6) is -1.01. The molecule has 0 aromatic rings. The van der Waals surface area contributed by atoms with Gasteiger partial charge in [-0.2, -0.15) is 0 Å². The summed E-state index contributed by atoms with van der Waals surface area (Å²) in [6.07, 6.45) is 3.78. The molecule has 0 aromatic heterocycles. The molecule has 0 bridgehead atoms. The third kappa shape index (κ3) is 2.85. The van der Waals surface area contributed by atoms with Crippen LogP contribution in [0.15, 0.2) is 0 Å². The molecular weight excluding hydrogens is 274 g/mol. The molecule has 3 aliphatic rings. The maximum absolute atomic E-state index is 12.3. The zero-order chi connectivity index (χ0) is 14.9. The van der Waals surface area contributed by atoms with Gasteiger partial charge < -0.3 is 20.1 Å². The summed E-state index contributed by atoms with van der Waals surface area (Å²) < 4.78 is 5.17. The first-order valence-electron chi connectivity index (χ1n) is 7.73. The Bertz CT molecular complexity index is 416. The largest absolute Gasteiger partial charge is 0.479 e. The highest BCUT2D eigenvalue weighted by Gasteiger charge is 2.45. The summed E-state index contributed by atoms with van der Waals surface area (Å²) in [6.45, 7) is 4.06. The van der Waals surface area contributed by atoms with Crippen LogP contribution in [0.3, 0.4) is 0 Å². The van der Waals surface area contributed by atoms with Crippen LogP contribution in [0.1, 0.15) is 25.7 Å². The second-order valence-electron chi connectivity index (χ2n) is 6.25. The summed E-state index contributed by atoms with van der Waals surface area (Å²) >= 11 is 0. The SMILES string of the molecule is O=C(NC1(C(=O)O)CCOC1)N1CCC(N2CCCC2)C1. The number of hydrogen-bond acceptors (Lipinski definition) is 4. The van der Waals surface area contributed by atoms with Gasteiger partial charge in [0.05, 0.1) is 6.61 Å². The number of aliphatic carboxylic acids is 1. The Balaban J connectivity index is 1.57. The number of ether oxygens (including phenoxy) is 1. The van der Waals surface area contributed by atoms with Crippen LogP contribution in [0, 0.1) is 0 Å².